The molecular weight excluding hydrogens is 467 g/mol. The molecule has 0 saturated heterocycles. The van der Waals surface area contributed by atoms with Crippen LogP contribution in [0.1, 0.15) is 56.0 Å². The third kappa shape index (κ3) is 5.38. The number of aliphatic carboxylic acids is 1. The first-order chi connectivity index (χ1) is 17.0. The molecule has 0 aliphatic carbocycles. The molecular formula is C28H30F3N3O2. The summed E-state index contributed by atoms with van der Waals surface area (Å²) in [5, 5.41) is 13.2. The van der Waals surface area contributed by atoms with Crippen LogP contribution in [0.4, 0.5) is 13.2 Å². The highest BCUT2D eigenvalue weighted by atomic mass is 19.1. The van der Waals surface area contributed by atoms with Crippen molar-refractivity contribution < 1.29 is 23.1 Å². The van der Waals surface area contributed by atoms with E-state index in [1.165, 1.54) is 13.8 Å². The Balaban J connectivity index is 1.84. The zero-order valence-electron chi connectivity index (χ0n) is 20.8. The van der Waals surface area contributed by atoms with Gasteiger partial charge in [-0.1, -0.05) is 18.2 Å². The quantitative estimate of drug-likeness (QED) is 0.405. The average molecular weight is 498 g/mol. The van der Waals surface area contributed by atoms with Crippen LogP contribution in [0.25, 0.3) is 17.2 Å². The van der Waals surface area contributed by atoms with E-state index in [4.69, 9.17) is 5.11 Å². The summed E-state index contributed by atoms with van der Waals surface area (Å²) in [6.07, 6.45) is 6.30. The SMILES string of the molecule is CCn1cc(-c2ccc3c(c2)C[C@@H](C)N(CC(C)(C)F)[C@@H]3c2c(F)cc(/C=C/C(=O)O)cc2F)cn1. The number of rotatable bonds is 7. The highest BCUT2D eigenvalue weighted by Crippen LogP contribution is 2.42. The molecule has 0 amide bonds. The Hall–Kier alpha value is -3.39. The molecule has 1 N–H and O–H groups in total. The number of alkyl halides is 1. The summed E-state index contributed by atoms with van der Waals surface area (Å²) in [6.45, 7) is 7.57. The third-order valence-corrected chi connectivity index (χ3v) is 6.49. The number of hydrogen-bond acceptors (Lipinski definition) is 3. The molecule has 1 aromatic heterocycles. The van der Waals surface area contributed by atoms with Crippen molar-refractivity contribution in [1.29, 1.82) is 0 Å². The fraction of sp³-hybridized carbons (Fsp3) is 0.357. The number of carboxylic acid groups (broad SMARTS) is 1. The Morgan fingerprint density at radius 3 is 2.47 bits per heavy atom. The van der Waals surface area contributed by atoms with Gasteiger partial charge in [0.25, 0.3) is 0 Å². The van der Waals surface area contributed by atoms with Crippen molar-refractivity contribution >= 4 is 12.0 Å². The minimum absolute atomic E-state index is 0.0111. The Morgan fingerprint density at radius 1 is 1.19 bits per heavy atom. The second-order valence-corrected chi connectivity index (χ2v) is 9.91. The topological polar surface area (TPSA) is 58.4 Å². The number of benzene rings is 2. The summed E-state index contributed by atoms with van der Waals surface area (Å²) in [4.78, 5) is 12.6. The van der Waals surface area contributed by atoms with Crippen molar-refractivity contribution in [2.24, 2.45) is 0 Å². The number of carboxylic acids is 1. The van der Waals surface area contributed by atoms with Gasteiger partial charge in [0.1, 0.15) is 17.3 Å². The number of aromatic nitrogens is 2. The van der Waals surface area contributed by atoms with E-state index < -0.39 is 29.3 Å². The first-order valence-electron chi connectivity index (χ1n) is 12.0. The first-order valence-corrected chi connectivity index (χ1v) is 12.0. The van der Waals surface area contributed by atoms with E-state index >= 15 is 8.78 Å². The van der Waals surface area contributed by atoms with Crippen molar-refractivity contribution in [3.63, 3.8) is 0 Å². The van der Waals surface area contributed by atoms with Gasteiger partial charge < -0.3 is 5.11 Å². The Bertz CT molecular complexity index is 1290. The van der Waals surface area contributed by atoms with Crippen LogP contribution >= 0.6 is 0 Å². The molecule has 2 aromatic carbocycles. The molecule has 4 rings (SSSR count). The van der Waals surface area contributed by atoms with E-state index in [2.05, 4.69) is 5.10 Å². The predicted molar refractivity (Wildman–Crippen MR) is 133 cm³/mol. The number of halogens is 3. The number of carbonyl (C=O) groups is 1. The monoisotopic (exact) mass is 497 g/mol. The largest absolute Gasteiger partial charge is 0.478 e. The second-order valence-electron chi connectivity index (χ2n) is 9.91. The Morgan fingerprint density at radius 2 is 1.89 bits per heavy atom. The number of hydrogen-bond donors (Lipinski definition) is 1. The van der Waals surface area contributed by atoms with E-state index in [-0.39, 0.29) is 23.7 Å². The lowest BCUT2D eigenvalue weighted by Gasteiger charge is -2.44. The van der Waals surface area contributed by atoms with Crippen molar-refractivity contribution in [2.45, 2.75) is 58.4 Å². The molecule has 0 fully saturated rings. The highest BCUT2D eigenvalue weighted by molar-refractivity contribution is 5.85. The maximum Gasteiger partial charge on any atom is 0.328 e. The average Bonchev–Trinajstić information content (AvgIpc) is 3.27. The standard InChI is InChI=1S/C28H30F3N3O2/c1-5-33-15-21(14-32-33)19-7-8-22-20(13-19)10-17(2)34(16-28(3,4)31)27(22)26-23(29)11-18(12-24(26)30)6-9-25(35)36/h6-9,11-15,17,27H,5,10,16H2,1-4H3,(H,35,36)/b9-6+/t17-,27+/m1/s1. The fourth-order valence-electron chi connectivity index (χ4n) is 4.91. The minimum Gasteiger partial charge on any atom is -0.478 e. The molecule has 36 heavy (non-hydrogen) atoms. The molecule has 1 aliphatic heterocycles. The molecule has 2 atom stereocenters. The number of aryl methyl sites for hydroxylation is 1. The van der Waals surface area contributed by atoms with Gasteiger partial charge in [-0.15, -0.1) is 0 Å². The van der Waals surface area contributed by atoms with Crippen molar-refractivity contribution in [3.05, 3.63) is 82.7 Å². The van der Waals surface area contributed by atoms with Gasteiger partial charge in [-0.2, -0.15) is 5.10 Å². The summed E-state index contributed by atoms with van der Waals surface area (Å²) in [5.41, 5.74) is 1.89. The molecule has 8 heteroatoms. The molecule has 0 bridgehead atoms. The van der Waals surface area contributed by atoms with Crippen molar-refractivity contribution in [3.8, 4) is 11.1 Å². The van der Waals surface area contributed by atoms with Gasteiger partial charge in [-0.3, -0.25) is 9.58 Å². The summed E-state index contributed by atoms with van der Waals surface area (Å²) >= 11 is 0. The van der Waals surface area contributed by atoms with Gasteiger partial charge in [0.15, 0.2) is 0 Å². The molecule has 1 aliphatic rings. The van der Waals surface area contributed by atoms with Crippen molar-refractivity contribution in [2.75, 3.05) is 6.54 Å². The van der Waals surface area contributed by atoms with E-state index in [1.807, 2.05) is 47.8 Å². The Labute approximate surface area is 208 Å². The van der Waals surface area contributed by atoms with Crippen LogP contribution in [0.3, 0.4) is 0 Å². The fourth-order valence-corrected chi connectivity index (χ4v) is 4.91. The van der Waals surface area contributed by atoms with E-state index in [0.29, 0.717) is 6.42 Å². The molecule has 0 radical (unpaired) electrons. The molecule has 0 unspecified atom stereocenters. The van der Waals surface area contributed by atoms with Crippen LogP contribution in [0.15, 0.2) is 48.8 Å². The molecule has 3 aromatic rings. The predicted octanol–water partition coefficient (Wildman–Crippen LogP) is 6.03. The molecule has 190 valence electrons. The minimum atomic E-state index is -1.59. The first kappa shape index (κ1) is 25.7. The molecule has 0 spiro atoms. The van der Waals surface area contributed by atoms with Crippen LogP contribution in [0, 0.1) is 11.6 Å². The lowest BCUT2D eigenvalue weighted by Crippen LogP contribution is -2.48. The van der Waals surface area contributed by atoms with E-state index in [1.54, 1.807) is 6.20 Å². The number of nitrogens with zero attached hydrogens (tertiary/aromatic N) is 3. The lowest BCUT2D eigenvalue weighted by molar-refractivity contribution is -0.131. The Kier molecular flexibility index (Phi) is 7.09. The van der Waals surface area contributed by atoms with Gasteiger partial charge in [-0.25, -0.2) is 18.0 Å². The maximum absolute atomic E-state index is 15.5. The van der Waals surface area contributed by atoms with Crippen LogP contribution in [0.5, 0.6) is 0 Å². The number of fused-ring (bicyclic) bond motifs is 1. The highest BCUT2D eigenvalue weighted by Gasteiger charge is 2.39. The summed E-state index contributed by atoms with van der Waals surface area (Å²) in [7, 11) is 0. The normalized spacial score (nSPS) is 18.5. The van der Waals surface area contributed by atoms with Crippen molar-refractivity contribution in [1.82, 2.24) is 14.7 Å². The van der Waals surface area contributed by atoms with Crippen LogP contribution in [-0.4, -0.2) is 44.0 Å². The second kappa shape index (κ2) is 9.93. The molecule has 0 saturated carbocycles. The van der Waals surface area contributed by atoms with Gasteiger partial charge in [0.2, 0.25) is 0 Å². The summed E-state index contributed by atoms with van der Waals surface area (Å²) in [5.74, 6) is -2.83. The zero-order chi connectivity index (χ0) is 26.2. The van der Waals surface area contributed by atoms with E-state index in [9.17, 15) is 9.18 Å². The van der Waals surface area contributed by atoms with E-state index in [0.717, 1.165) is 53.1 Å². The summed E-state index contributed by atoms with van der Waals surface area (Å²) in [6, 6.07) is 6.98. The van der Waals surface area contributed by atoms with Gasteiger partial charge in [0, 0.05) is 42.5 Å². The molecule has 5 nitrogen and oxygen atoms in total. The zero-order valence-corrected chi connectivity index (χ0v) is 20.8. The van der Waals surface area contributed by atoms with Gasteiger partial charge in [0.05, 0.1) is 12.2 Å². The van der Waals surface area contributed by atoms with Crippen LogP contribution in [-0.2, 0) is 17.8 Å². The van der Waals surface area contributed by atoms with Crippen LogP contribution < -0.4 is 0 Å². The molecule has 2 heterocycles. The van der Waals surface area contributed by atoms with Crippen LogP contribution in [0.2, 0.25) is 0 Å². The van der Waals surface area contributed by atoms with Gasteiger partial charge >= 0.3 is 5.97 Å². The summed E-state index contributed by atoms with van der Waals surface area (Å²) < 4.78 is 47.7. The smallest absolute Gasteiger partial charge is 0.328 e. The maximum atomic E-state index is 15.5. The third-order valence-electron chi connectivity index (χ3n) is 6.49. The lowest BCUT2D eigenvalue weighted by atomic mass is 9.82. The van der Waals surface area contributed by atoms with Gasteiger partial charge in [-0.05, 0) is 74.6 Å².